The van der Waals surface area contributed by atoms with Gasteiger partial charge >= 0.3 is 18.9 Å². The second-order valence-electron chi connectivity index (χ2n) is 6.61. The summed E-state index contributed by atoms with van der Waals surface area (Å²) in [6.45, 7) is 20.2. The molecule has 0 aromatic carbocycles. The minimum atomic E-state index is -0.896. The molecule has 0 atom stereocenters. The average Bonchev–Trinajstić information content (AvgIpc) is 1.58. The predicted molar refractivity (Wildman–Crippen MR) is 64.2 cm³/mol. The molecular weight excluding hydrogens is 170 g/mol. The maximum Gasteiger partial charge on any atom is 1.00 e. The van der Waals surface area contributed by atoms with E-state index in [-0.39, 0.29) is 24.2 Å². The Kier molecular flexibility index (Phi) is 5.30. The second-order valence-corrected chi connectivity index (χ2v) is 19.5. The molecule has 0 heterocycles. The van der Waals surface area contributed by atoms with Crippen molar-refractivity contribution in [2.75, 3.05) is 0 Å². The Hall–Kier alpha value is 1.10. The van der Waals surface area contributed by atoms with E-state index in [9.17, 15) is 0 Å². The van der Waals surface area contributed by atoms with Crippen LogP contribution in [0.1, 0.15) is 0 Å². The minimum Gasteiger partial charge on any atom is -0.193 e. The molecule has 0 saturated carbocycles. The van der Waals surface area contributed by atoms with Crippen LogP contribution < -0.4 is 18.9 Å². The van der Waals surface area contributed by atoms with Crippen LogP contribution in [-0.4, -0.2) is 21.2 Å². The Morgan fingerprint density at radius 1 is 0.667 bits per heavy atom. The van der Waals surface area contributed by atoms with E-state index >= 15 is 0 Å². The quantitative estimate of drug-likeness (QED) is 0.563. The van der Waals surface area contributed by atoms with Crippen LogP contribution in [-0.2, 0) is 0 Å². The first-order chi connectivity index (χ1) is 4.50. The third-order valence-corrected chi connectivity index (χ3v) is 18.2. The maximum absolute atomic E-state index is 2.54. The van der Waals surface area contributed by atoms with Crippen molar-refractivity contribution < 1.29 is 18.9 Å². The molecule has 12 heavy (non-hydrogen) atoms. The molecule has 0 fully saturated rings. The fourth-order valence-electron chi connectivity index (χ4n) is 1.30. The fourth-order valence-corrected chi connectivity index (χ4v) is 11.7. The summed E-state index contributed by atoms with van der Waals surface area (Å²) < 4.78 is 0. The molecule has 0 nitrogen and oxygen atoms in total. The molecule has 0 N–H and O–H groups in total. The predicted octanol–water partition coefficient (Wildman–Crippen LogP) is 0.532. The first-order valence-electron chi connectivity index (χ1n) is 4.73. The van der Waals surface area contributed by atoms with E-state index in [0.717, 1.165) is 0 Å². The summed E-state index contributed by atoms with van der Waals surface area (Å²) in [5, 5.41) is -0.0139. The summed E-state index contributed by atoms with van der Waals surface area (Å²) in [7, 11) is -1.79. The van der Waals surface area contributed by atoms with Gasteiger partial charge in [0, 0.05) is 5.33 Å². The number of hydrogen-bond acceptors (Lipinski definition) is 0. The number of hydrogen-bond donors (Lipinski definition) is 0. The molecule has 68 valence electrons. The fraction of sp³-hybridized carbons (Fsp3) is 1.00. The van der Waals surface area contributed by atoms with Crippen molar-refractivity contribution in [1.82, 2.24) is 0 Å². The zero-order valence-corrected chi connectivity index (χ0v) is 12.6. The van der Waals surface area contributed by atoms with Crippen LogP contribution in [0.4, 0.5) is 0 Å². The molecule has 0 unspecified atom stereocenters. The molecule has 0 aromatic heterocycles. The van der Waals surface area contributed by atoms with Crippen LogP contribution in [0.5, 0.6) is 0 Å². The zero-order chi connectivity index (χ0) is 9.50. The van der Waals surface area contributed by atoms with Gasteiger partial charge in [-0.1, -0.05) is 39.3 Å². The Bertz CT molecular complexity index is 128. The Morgan fingerprint density at radius 2 is 0.833 bits per heavy atom. The van der Waals surface area contributed by atoms with Gasteiger partial charge in [0.2, 0.25) is 0 Å². The summed E-state index contributed by atoms with van der Waals surface area (Å²) in [4.78, 5) is 0. The van der Waals surface area contributed by atoms with Crippen LogP contribution in [0.15, 0.2) is 0 Å². The van der Waals surface area contributed by atoms with Crippen molar-refractivity contribution in [3.63, 3.8) is 0 Å². The average molecular weight is 194 g/mol. The molecule has 0 aromatic rings. The van der Waals surface area contributed by atoms with E-state index in [4.69, 9.17) is 0 Å². The third-order valence-electron chi connectivity index (χ3n) is 4.33. The van der Waals surface area contributed by atoms with E-state index in [1.807, 2.05) is 0 Å². The summed E-state index contributed by atoms with van der Waals surface area (Å²) in [5.74, 6) is 0. The maximum atomic E-state index is 2.54. The molecule has 0 amide bonds. The number of rotatable bonds is 2. The zero-order valence-electron chi connectivity index (χ0n) is 10.6. The molecule has 0 aliphatic rings. The monoisotopic (exact) mass is 194 g/mol. The third kappa shape index (κ3) is 3.10. The van der Waals surface area contributed by atoms with Crippen LogP contribution in [0.25, 0.3) is 0 Å². The second kappa shape index (κ2) is 4.08. The van der Waals surface area contributed by atoms with Crippen molar-refractivity contribution >= 4 is 21.2 Å². The molecule has 0 bridgehead atoms. The Labute approximate surface area is 92.9 Å². The summed E-state index contributed by atoms with van der Waals surface area (Å²) in [6, 6.07) is 0. The van der Waals surface area contributed by atoms with Gasteiger partial charge in [-0.25, -0.2) is 0 Å². The van der Waals surface area contributed by atoms with E-state index < -0.39 is 15.9 Å². The smallest absolute Gasteiger partial charge is 0.193 e. The first-order valence-corrected chi connectivity index (χ1v) is 11.9. The normalized spacial score (nSPS) is 14.0. The van der Waals surface area contributed by atoms with Crippen molar-refractivity contribution in [1.29, 1.82) is 0 Å². The van der Waals surface area contributed by atoms with Gasteiger partial charge in [-0.15, -0.1) is 15.9 Å². The van der Waals surface area contributed by atoms with Crippen molar-refractivity contribution in [3.05, 3.63) is 0 Å². The van der Waals surface area contributed by atoms with Crippen LogP contribution in [0.3, 0.4) is 0 Å². The molecule has 0 saturated heterocycles. The summed E-state index contributed by atoms with van der Waals surface area (Å²) >= 11 is 0. The van der Waals surface area contributed by atoms with Gasteiger partial charge in [-0.2, -0.15) is 13.6 Å². The Balaban J connectivity index is 0. The van der Waals surface area contributed by atoms with E-state index in [0.29, 0.717) is 0 Å². The van der Waals surface area contributed by atoms with Gasteiger partial charge in [0.05, 0.1) is 0 Å². The molecule has 0 radical (unpaired) electrons. The molecular formula is C8H24BLiSi2. The summed E-state index contributed by atoms with van der Waals surface area (Å²) in [5.41, 5.74) is 0. The Morgan fingerprint density at radius 3 is 0.833 bits per heavy atom. The molecule has 0 rings (SSSR count). The van der Waals surface area contributed by atoms with Gasteiger partial charge in [0.15, 0.2) is 0 Å². The first kappa shape index (κ1) is 15.6. The SMILES string of the molecule is C[B-](C)([Si](C)(C)C)[Si](C)(C)C.[Li+]. The van der Waals surface area contributed by atoms with E-state index in [2.05, 4.69) is 52.9 Å². The standard InChI is InChI=1S/C8H24BSi2.Li/c1-9(2,10(3,4)5)11(6,7)8;/h1-8H3;/q-1;+1. The summed E-state index contributed by atoms with van der Waals surface area (Å²) in [6.07, 6.45) is 0. The van der Waals surface area contributed by atoms with Gasteiger partial charge in [0.1, 0.15) is 0 Å². The van der Waals surface area contributed by atoms with Crippen molar-refractivity contribution in [2.45, 2.75) is 52.9 Å². The topological polar surface area (TPSA) is 0 Å². The van der Waals surface area contributed by atoms with E-state index in [1.54, 1.807) is 0 Å². The molecule has 4 heteroatoms. The molecule has 0 aliphatic heterocycles. The minimum absolute atomic E-state index is 0. The molecule has 0 aliphatic carbocycles. The molecule has 0 spiro atoms. The van der Waals surface area contributed by atoms with Crippen LogP contribution in [0, 0.1) is 0 Å². The van der Waals surface area contributed by atoms with Crippen molar-refractivity contribution in [2.24, 2.45) is 0 Å². The van der Waals surface area contributed by atoms with Gasteiger partial charge in [0.25, 0.3) is 0 Å². The van der Waals surface area contributed by atoms with Gasteiger partial charge < -0.3 is 0 Å². The van der Waals surface area contributed by atoms with Gasteiger partial charge in [-0.3, -0.25) is 0 Å². The van der Waals surface area contributed by atoms with Crippen LogP contribution in [0.2, 0.25) is 52.9 Å². The van der Waals surface area contributed by atoms with E-state index in [1.165, 1.54) is 0 Å². The van der Waals surface area contributed by atoms with Crippen molar-refractivity contribution in [3.8, 4) is 0 Å². The largest absolute Gasteiger partial charge is 1.00 e. The van der Waals surface area contributed by atoms with Crippen LogP contribution >= 0.6 is 0 Å². The van der Waals surface area contributed by atoms with Gasteiger partial charge in [-0.05, 0) is 0 Å².